The quantitative estimate of drug-likeness (QED) is 0.777. The summed E-state index contributed by atoms with van der Waals surface area (Å²) >= 11 is 1.48. The van der Waals surface area contributed by atoms with Crippen LogP contribution in [0.15, 0.2) is 18.2 Å². The van der Waals surface area contributed by atoms with Crippen LogP contribution in [0, 0.1) is 19.8 Å². The third kappa shape index (κ3) is 4.33. The largest absolute Gasteiger partial charge is 0.484 e. The smallest absolute Gasteiger partial charge is 0.341 e. The van der Waals surface area contributed by atoms with Gasteiger partial charge in [-0.15, -0.1) is 11.3 Å². The van der Waals surface area contributed by atoms with Crippen LogP contribution in [0.2, 0.25) is 0 Å². The fourth-order valence-electron chi connectivity index (χ4n) is 3.27. The zero-order valence-electron chi connectivity index (χ0n) is 16.2. The number of carbonyl (C=O) groups excluding carboxylic acids is 2. The number of hydrogen-bond acceptors (Lipinski definition) is 5. The minimum absolute atomic E-state index is 0.109. The third-order valence-corrected chi connectivity index (χ3v) is 6.17. The van der Waals surface area contributed by atoms with Crippen molar-refractivity contribution < 1.29 is 19.1 Å². The van der Waals surface area contributed by atoms with Crippen molar-refractivity contribution in [3.05, 3.63) is 45.3 Å². The molecule has 144 valence electrons. The molecule has 1 heterocycles. The van der Waals surface area contributed by atoms with E-state index in [-0.39, 0.29) is 12.5 Å². The van der Waals surface area contributed by atoms with E-state index in [1.165, 1.54) is 28.9 Å². The van der Waals surface area contributed by atoms with Gasteiger partial charge in [-0.1, -0.05) is 13.0 Å². The minimum Gasteiger partial charge on any atom is -0.484 e. The predicted octanol–water partition coefficient (Wildman–Crippen LogP) is 4.29. The van der Waals surface area contributed by atoms with E-state index in [9.17, 15) is 9.59 Å². The van der Waals surface area contributed by atoms with Gasteiger partial charge in [-0.25, -0.2) is 4.79 Å². The van der Waals surface area contributed by atoms with Gasteiger partial charge in [0.2, 0.25) is 0 Å². The van der Waals surface area contributed by atoms with Gasteiger partial charge in [0.1, 0.15) is 10.8 Å². The highest BCUT2D eigenvalue weighted by Crippen LogP contribution is 2.40. The van der Waals surface area contributed by atoms with Crippen LogP contribution in [0.25, 0.3) is 0 Å². The maximum absolute atomic E-state index is 12.4. The van der Waals surface area contributed by atoms with E-state index in [1.807, 2.05) is 32.0 Å². The van der Waals surface area contributed by atoms with Crippen molar-refractivity contribution in [2.75, 3.05) is 19.0 Å². The van der Waals surface area contributed by atoms with Crippen LogP contribution in [-0.4, -0.2) is 25.6 Å². The lowest BCUT2D eigenvalue weighted by molar-refractivity contribution is -0.118. The van der Waals surface area contributed by atoms with Crippen LogP contribution in [0.3, 0.4) is 0 Å². The zero-order chi connectivity index (χ0) is 19.6. The van der Waals surface area contributed by atoms with E-state index in [2.05, 4.69) is 12.2 Å². The molecule has 0 spiro atoms. The van der Waals surface area contributed by atoms with Gasteiger partial charge < -0.3 is 14.8 Å². The molecule has 0 aliphatic heterocycles. The summed E-state index contributed by atoms with van der Waals surface area (Å²) in [4.78, 5) is 25.8. The van der Waals surface area contributed by atoms with Gasteiger partial charge in [-0.05, 0) is 67.9 Å². The molecular weight excluding hydrogens is 362 g/mol. The lowest BCUT2D eigenvalue weighted by Gasteiger charge is -2.18. The summed E-state index contributed by atoms with van der Waals surface area (Å²) in [5, 5.41) is 3.41. The number of rotatable bonds is 5. The standard InChI is InChI=1S/C21H25NO4S/c1-12-5-8-16-17(9-12)27-20(19(16)21(24)25-4)22-18(23)11-26-15-7-6-13(2)14(3)10-15/h6-7,10,12H,5,8-9,11H2,1-4H3,(H,22,23)/t12-/m1/s1. The summed E-state index contributed by atoms with van der Waals surface area (Å²) in [6, 6.07) is 5.72. The molecular formula is C21H25NO4S. The van der Waals surface area contributed by atoms with Crippen LogP contribution >= 0.6 is 11.3 Å². The molecule has 1 aromatic carbocycles. The van der Waals surface area contributed by atoms with Crippen molar-refractivity contribution in [2.45, 2.75) is 40.0 Å². The van der Waals surface area contributed by atoms with Gasteiger partial charge in [-0.2, -0.15) is 0 Å². The Kier molecular flexibility index (Phi) is 5.85. The highest BCUT2D eigenvalue weighted by atomic mass is 32.1. The van der Waals surface area contributed by atoms with Gasteiger partial charge >= 0.3 is 5.97 Å². The second kappa shape index (κ2) is 8.13. The van der Waals surface area contributed by atoms with Crippen molar-refractivity contribution in [1.82, 2.24) is 0 Å². The van der Waals surface area contributed by atoms with Gasteiger partial charge in [0.05, 0.1) is 12.7 Å². The highest BCUT2D eigenvalue weighted by Gasteiger charge is 2.28. The lowest BCUT2D eigenvalue weighted by Crippen LogP contribution is -2.21. The Morgan fingerprint density at radius 1 is 1.26 bits per heavy atom. The Hall–Kier alpha value is -2.34. The first-order valence-electron chi connectivity index (χ1n) is 9.11. The molecule has 0 radical (unpaired) electrons. The molecule has 1 N–H and O–H groups in total. The Bertz CT molecular complexity index is 871. The molecule has 0 saturated carbocycles. The van der Waals surface area contributed by atoms with Crippen molar-refractivity contribution in [3.63, 3.8) is 0 Å². The number of ether oxygens (including phenoxy) is 2. The van der Waals surface area contributed by atoms with E-state index < -0.39 is 5.97 Å². The van der Waals surface area contributed by atoms with Gasteiger partial charge in [0.15, 0.2) is 6.61 Å². The average Bonchev–Trinajstić information content (AvgIpc) is 2.98. The summed E-state index contributed by atoms with van der Waals surface area (Å²) in [5.74, 6) is 0.552. The number of benzene rings is 1. The number of methoxy groups -OCH3 is 1. The Morgan fingerprint density at radius 2 is 2.04 bits per heavy atom. The molecule has 5 nitrogen and oxygen atoms in total. The topological polar surface area (TPSA) is 64.6 Å². The molecule has 1 aromatic heterocycles. The van der Waals surface area contributed by atoms with E-state index >= 15 is 0 Å². The third-order valence-electron chi connectivity index (χ3n) is 5.00. The first-order valence-corrected chi connectivity index (χ1v) is 9.93. The first-order chi connectivity index (χ1) is 12.9. The maximum Gasteiger partial charge on any atom is 0.341 e. The molecule has 1 aliphatic carbocycles. The first kappa shape index (κ1) is 19.4. The molecule has 3 rings (SSSR count). The molecule has 2 aromatic rings. The van der Waals surface area contributed by atoms with E-state index in [0.717, 1.165) is 30.4 Å². The van der Waals surface area contributed by atoms with Crippen molar-refractivity contribution in [2.24, 2.45) is 5.92 Å². The summed E-state index contributed by atoms with van der Waals surface area (Å²) < 4.78 is 10.5. The summed E-state index contributed by atoms with van der Waals surface area (Å²) in [5.41, 5.74) is 3.81. The number of carbonyl (C=O) groups is 2. The Labute approximate surface area is 163 Å². The second-order valence-corrected chi connectivity index (χ2v) is 8.24. The number of anilines is 1. The van der Waals surface area contributed by atoms with E-state index in [4.69, 9.17) is 9.47 Å². The molecule has 0 fully saturated rings. The van der Waals surface area contributed by atoms with Crippen LogP contribution < -0.4 is 10.1 Å². The molecule has 0 saturated heterocycles. The average molecular weight is 388 g/mol. The fourth-order valence-corrected chi connectivity index (χ4v) is 4.69. The number of fused-ring (bicyclic) bond motifs is 1. The monoisotopic (exact) mass is 387 g/mol. The van der Waals surface area contributed by atoms with Crippen LogP contribution in [0.5, 0.6) is 5.75 Å². The molecule has 1 amide bonds. The van der Waals surface area contributed by atoms with Crippen LogP contribution in [0.1, 0.15) is 45.3 Å². The normalized spacial score (nSPS) is 15.8. The number of hydrogen-bond donors (Lipinski definition) is 1. The molecule has 1 atom stereocenters. The van der Waals surface area contributed by atoms with Crippen molar-refractivity contribution in [3.8, 4) is 5.75 Å². The number of nitrogens with one attached hydrogen (secondary N) is 1. The van der Waals surface area contributed by atoms with Crippen molar-refractivity contribution in [1.29, 1.82) is 0 Å². The maximum atomic E-state index is 12.4. The van der Waals surface area contributed by atoms with E-state index in [0.29, 0.717) is 22.2 Å². The molecule has 1 aliphatic rings. The Morgan fingerprint density at radius 3 is 2.74 bits per heavy atom. The van der Waals surface area contributed by atoms with Gasteiger partial charge in [0, 0.05) is 4.88 Å². The summed E-state index contributed by atoms with van der Waals surface area (Å²) in [6.07, 6.45) is 2.81. The molecule has 27 heavy (non-hydrogen) atoms. The lowest BCUT2D eigenvalue weighted by atomic mass is 9.88. The minimum atomic E-state index is -0.396. The predicted molar refractivity (Wildman–Crippen MR) is 107 cm³/mol. The molecule has 6 heteroatoms. The zero-order valence-corrected chi connectivity index (χ0v) is 17.0. The molecule has 0 bridgehead atoms. The molecule has 0 unspecified atom stereocenters. The summed E-state index contributed by atoms with van der Waals surface area (Å²) in [6.45, 7) is 6.12. The SMILES string of the molecule is COC(=O)c1c(NC(=O)COc2ccc(C)c(C)c2)sc2c1CC[C@@H](C)C2. The Balaban J connectivity index is 1.73. The highest BCUT2D eigenvalue weighted by molar-refractivity contribution is 7.17. The van der Waals surface area contributed by atoms with E-state index in [1.54, 1.807) is 0 Å². The fraction of sp³-hybridized carbons (Fsp3) is 0.429. The van der Waals surface area contributed by atoms with Gasteiger partial charge in [-0.3, -0.25) is 4.79 Å². The summed E-state index contributed by atoms with van der Waals surface area (Å²) in [7, 11) is 1.37. The number of amides is 1. The number of aryl methyl sites for hydroxylation is 2. The number of thiophene rings is 1. The van der Waals surface area contributed by atoms with Gasteiger partial charge in [0.25, 0.3) is 5.91 Å². The van der Waals surface area contributed by atoms with Crippen molar-refractivity contribution >= 4 is 28.2 Å². The van der Waals surface area contributed by atoms with Crippen LogP contribution in [0.4, 0.5) is 5.00 Å². The second-order valence-electron chi connectivity index (χ2n) is 7.13. The van der Waals surface area contributed by atoms with Crippen LogP contribution in [-0.2, 0) is 22.4 Å². The number of esters is 1.